The van der Waals surface area contributed by atoms with Crippen molar-refractivity contribution in [3.8, 4) is 0 Å². The topological polar surface area (TPSA) is 35.5 Å². The summed E-state index contributed by atoms with van der Waals surface area (Å²) in [6.07, 6.45) is 2.36. The summed E-state index contributed by atoms with van der Waals surface area (Å²) >= 11 is 0. The number of ether oxygens (including phenoxy) is 2. The summed E-state index contributed by atoms with van der Waals surface area (Å²) in [6, 6.07) is 0. The van der Waals surface area contributed by atoms with E-state index in [1.165, 1.54) is 0 Å². The maximum Gasteiger partial charge on any atom is 0.163 e. The number of methoxy groups -OCH3 is 2. The molecule has 0 heterocycles. The quantitative estimate of drug-likeness (QED) is 0.691. The molecule has 0 aromatic heterocycles. The van der Waals surface area contributed by atoms with Crippen LogP contribution in [0.15, 0.2) is 11.6 Å². The fraction of sp³-hybridized carbons (Fsp3) is 0.769. The molecular weight excluding hydrogens is 204 g/mol. The van der Waals surface area contributed by atoms with E-state index < -0.39 is 0 Å². The van der Waals surface area contributed by atoms with Gasteiger partial charge in [-0.3, -0.25) is 4.79 Å². The first-order valence-corrected chi connectivity index (χ1v) is 5.78. The van der Waals surface area contributed by atoms with Gasteiger partial charge in [0, 0.05) is 26.6 Å². The van der Waals surface area contributed by atoms with Crippen molar-refractivity contribution in [2.45, 2.75) is 33.5 Å². The normalized spacial score (nSPS) is 26.4. The Hall–Kier alpha value is -0.670. The van der Waals surface area contributed by atoms with Crippen molar-refractivity contribution < 1.29 is 14.3 Å². The Kier molecular flexibility index (Phi) is 4.69. The van der Waals surface area contributed by atoms with Gasteiger partial charge in [0.05, 0.1) is 0 Å². The molecule has 0 radical (unpaired) electrons. The number of allylic oxidation sites excluding steroid dienone is 1. The second-order valence-corrected chi connectivity index (χ2v) is 4.80. The molecule has 2 atom stereocenters. The van der Waals surface area contributed by atoms with Crippen molar-refractivity contribution in [1.29, 1.82) is 0 Å². The molecule has 0 amide bonds. The van der Waals surface area contributed by atoms with Crippen molar-refractivity contribution in [2.24, 2.45) is 17.8 Å². The highest BCUT2D eigenvalue weighted by molar-refractivity contribution is 5.95. The Balaban J connectivity index is 2.95. The maximum atomic E-state index is 11.7. The molecule has 92 valence electrons. The molecule has 1 aliphatic rings. The highest BCUT2D eigenvalue weighted by Gasteiger charge is 2.35. The van der Waals surface area contributed by atoms with Gasteiger partial charge in [0.15, 0.2) is 12.1 Å². The van der Waals surface area contributed by atoms with Crippen molar-refractivity contribution in [2.75, 3.05) is 14.2 Å². The van der Waals surface area contributed by atoms with Crippen molar-refractivity contribution in [1.82, 2.24) is 0 Å². The monoisotopic (exact) mass is 226 g/mol. The van der Waals surface area contributed by atoms with Crippen LogP contribution in [0.3, 0.4) is 0 Å². The molecule has 0 saturated carbocycles. The molecule has 0 fully saturated rings. The fourth-order valence-electron chi connectivity index (χ4n) is 2.39. The van der Waals surface area contributed by atoms with E-state index in [0.717, 1.165) is 5.57 Å². The van der Waals surface area contributed by atoms with Crippen molar-refractivity contribution in [3.05, 3.63) is 11.6 Å². The smallest absolute Gasteiger partial charge is 0.163 e. The molecular formula is C13H22O3. The molecule has 1 rings (SSSR count). The lowest BCUT2D eigenvalue weighted by atomic mass is 9.74. The van der Waals surface area contributed by atoms with Crippen LogP contribution in [-0.2, 0) is 14.3 Å². The van der Waals surface area contributed by atoms with Gasteiger partial charge < -0.3 is 9.47 Å². The van der Waals surface area contributed by atoms with Crippen LogP contribution >= 0.6 is 0 Å². The summed E-state index contributed by atoms with van der Waals surface area (Å²) in [6.45, 7) is 6.15. The Morgan fingerprint density at radius 1 is 1.31 bits per heavy atom. The van der Waals surface area contributed by atoms with Crippen LogP contribution in [0.5, 0.6) is 0 Å². The van der Waals surface area contributed by atoms with Gasteiger partial charge in [-0.15, -0.1) is 0 Å². The number of carbonyl (C=O) groups is 1. The molecule has 0 aliphatic heterocycles. The van der Waals surface area contributed by atoms with E-state index in [2.05, 4.69) is 13.8 Å². The first-order chi connectivity index (χ1) is 7.51. The minimum Gasteiger partial charge on any atom is -0.355 e. The van der Waals surface area contributed by atoms with Gasteiger partial charge in [-0.25, -0.2) is 0 Å². The number of rotatable bonds is 4. The number of ketones is 1. The standard InChI is InChI=1S/C13H22O3/c1-8(2)10-7-12(14)9(3)6-11(10)13(15-4)16-5/h6,8,10-11,13H,7H2,1-5H3/t10-,11+/m0/s1. The van der Waals surface area contributed by atoms with E-state index in [1.54, 1.807) is 14.2 Å². The summed E-state index contributed by atoms with van der Waals surface area (Å²) in [5.41, 5.74) is 0.834. The summed E-state index contributed by atoms with van der Waals surface area (Å²) in [4.78, 5) is 11.7. The Morgan fingerprint density at radius 3 is 2.31 bits per heavy atom. The second kappa shape index (κ2) is 5.60. The molecule has 1 aliphatic carbocycles. The summed E-state index contributed by atoms with van der Waals surface area (Å²) in [7, 11) is 3.29. The number of hydrogen-bond donors (Lipinski definition) is 0. The van der Waals surface area contributed by atoms with E-state index in [-0.39, 0.29) is 18.0 Å². The van der Waals surface area contributed by atoms with Crippen LogP contribution in [0.1, 0.15) is 27.2 Å². The molecule has 3 nitrogen and oxygen atoms in total. The molecule has 0 N–H and O–H groups in total. The van der Waals surface area contributed by atoms with E-state index in [4.69, 9.17) is 9.47 Å². The minimum absolute atomic E-state index is 0.174. The van der Waals surface area contributed by atoms with Gasteiger partial charge in [0.25, 0.3) is 0 Å². The zero-order chi connectivity index (χ0) is 12.3. The van der Waals surface area contributed by atoms with Gasteiger partial charge in [-0.05, 0) is 24.3 Å². The SMILES string of the molecule is COC(OC)[C@@H]1C=C(C)C(=O)C[C@H]1C(C)C. The number of Topliss-reactive ketones (excluding diaryl/α,β-unsaturated/α-hetero) is 1. The largest absolute Gasteiger partial charge is 0.355 e. The highest BCUT2D eigenvalue weighted by atomic mass is 16.7. The minimum atomic E-state index is -0.254. The lowest BCUT2D eigenvalue weighted by Gasteiger charge is -2.35. The third-order valence-corrected chi connectivity index (χ3v) is 3.43. The number of hydrogen-bond acceptors (Lipinski definition) is 3. The van der Waals surface area contributed by atoms with E-state index in [9.17, 15) is 4.79 Å². The van der Waals surface area contributed by atoms with Crippen LogP contribution in [0.2, 0.25) is 0 Å². The maximum absolute atomic E-state index is 11.7. The van der Waals surface area contributed by atoms with Gasteiger partial charge in [-0.2, -0.15) is 0 Å². The summed E-state index contributed by atoms with van der Waals surface area (Å²) in [5.74, 6) is 1.18. The first-order valence-electron chi connectivity index (χ1n) is 5.78. The number of carbonyl (C=O) groups excluding carboxylic acids is 1. The van der Waals surface area contributed by atoms with Crippen molar-refractivity contribution >= 4 is 5.78 Å². The lowest BCUT2D eigenvalue weighted by Crippen LogP contribution is -2.36. The molecule has 0 aromatic carbocycles. The van der Waals surface area contributed by atoms with Gasteiger partial charge in [-0.1, -0.05) is 19.9 Å². The van der Waals surface area contributed by atoms with Crippen molar-refractivity contribution in [3.63, 3.8) is 0 Å². The fourth-order valence-corrected chi connectivity index (χ4v) is 2.39. The van der Waals surface area contributed by atoms with Gasteiger partial charge in [0.2, 0.25) is 0 Å². The molecule has 0 spiro atoms. The predicted molar refractivity (Wildman–Crippen MR) is 63.0 cm³/mol. The van der Waals surface area contributed by atoms with Crippen LogP contribution in [0.4, 0.5) is 0 Å². The highest BCUT2D eigenvalue weighted by Crippen LogP contribution is 2.35. The van der Waals surface area contributed by atoms with Crippen LogP contribution in [-0.4, -0.2) is 26.3 Å². The lowest BCUT2D eigenvalue weighted by molar-refractivity contribution is -0.146. The van der Waals surface area contributed by atoms with Crippen LogP contribution < -0.4 is 0 Å². The third kappa shape index (κ3) is 2.71. The Morgan fingerprint density at radius 2 is 1.88 bits per heavy atom. The zero-order valence-electron chi connectivity index (χ0n) is 10.8. The summed E-state index contributed by atoms with van der Waals surface area (Å²) in [5, 5.41) is 0. The van der Waals surface area contributed by atoms with E-state index in [0.29, 0.717) is 18.3 Å². The molecule has 0 unspecified atom stereocenters. The van der Waals surface area contributed by atoms with Crippen LogP contribution in [0, 0.1) is 17.8 Å². The third-order valence-electron chi connectivity index (χ3n) is 3.43. The molecule has 0 aromatic rings. The average molecular weight is 226 g/mol. The second-order valence-electron chi connectivity index (χ2n) is 4.80. The first kappa shape index (κ1) is 13.4. The van der Waals surface area contributed by atoms with Crippen LogP contribution in [0.25, 0.3) is 0 Å². The average Bonchev–Trinajstić information content (AvgIpc) is 2.24. The summed E-state index contributed by atoms with van der Waals surface area (Å²) < 4.78 is 10.6. The Bertz CT molecular complexity index is 277. The molecule has 0 bridgehead atoms. The van der Waals surface area contributed by atoms with E-state index in [1.807, 2.05) is 13.0 Å². The molecule has 16 heavy (non-hydrogen) atoms. The van der Waals surface area contributed by atoms with E-state index >= 15 is 0 Å². The molecule has 0 saturated heterocycles. The Labute approximate surface area is 97.8 Å². The van der Waals surface area contributed by atoms with Gasteiger partial charge in [0.1, 0.15) is 0 Å². The van der Waals surface area contributed by atoms with Gasteiger partial charge >= 0.3 is 0 Å². The predicted octanol–water partition coefficient (Wildman–Crippen LogP) is 2.41. The molecule has 3 heteroatoms. The zero-order valence-corrected chi connectivity index (χ0v) is 10.8.